The lowest BCUT2D eigenvalue weighted by Gasteiger charge is -2.47. The first-order valence-electron chi connectivity index (χ1n) is 13.1. The number of likely N-dealkylation sites (tertiary alicyclic amines) is 1. The summed E-state index contributed by atoms with van der Waals surface area (Å²) in [6.07, 6.45) is -3.20. The van der Waals surface area contributed by atoms with E-state index in [1.165, 1.54) is 17.4 Å². The van der Waals surface area contributed by atoms with Gasteiger partial charge in [-0.2, -0.15) is 0 Å². The molecule has 1 amide bonds. The van der Waals surface area contributed by atoms with Crippen molar-refractivity contribution in [2.24, 2.45) is 0 Å². The highest BCUT2D eigenvalue weighted by Gasteiger charge is 2.53. The van der Waals surface area contributed by atoms with Gasteiger partial charge in [-0.3, -0.25) is 4.90 Å². The number of carbonyl (C=O) groups excluding carboxylic acids is 1. The highest BCUT2D eigenvalue weighted by atomic mass is 32.1. The standard InChI is InChI=1S/C30H32F3NO4S/c1-28(2,3)38-27(35)34-15-8-14-29(26(34)20-9-5-4-6-10-20)18-22(19-36-29)21-12-13-23(25-11-7-16-39-25)24(17-21)37-30(31,32)33/h4-7,9-13,16-17,22,26H,8,14-15,18-19H2,1-3H3/t22-,26-,29+/m0/s1. The number of rotatable bonds is 4. The van der Waals surface area contributed by atoms with E-state index in [1.807, 2.05) is 62.5 Å². The maximum Gasteiger partial charge on any atom is 0.573 e. The zero-order chi connectivity index (χ0) is 27.8. The number of amides is 1. The van der Waals surface area contributed by atoms with Crippen LogP contribution in [0.5, 0.6) is 5.75 Å². The molecular formula is C30H32F3NO4S. The van der Waals surface area contributed by atoms with Crippen LogP contribution >= 0.6 is 11.3 Å². The molecule has 0 aliphatic carbocycles. The van der Waals surface area contributed by atoms with E-state index >= 15 is 0 Å². The average Bonchev–Trinajstić information content (AvgIpc) is 3.54. The second-order valence-electron chi connectivity index (χ2n) is 11.1. The summed E-state index contributed by atoms with van der Waals surface area (Å²) in [6, 6.07) is 18.0. The Kier molecular flexibility index (Phi) is 7.41. The van der Waals surface area contributed by atoms with Crippen molar-refractivity contribution >= 4 is 17.4 Å². The summed E-state index contributed by atoms with van der Waals surface area (Å²) in [7, 11) is 0. The quantitative estimate of drug-likeness (QED) is 0.322. The molecule has 0 saturated carbocycles. The number of piperidine rings is 1. The fraction of sp³-hybridized carbons (Fsp3) is 0.433. The number of halogens is 3. The van der Waals surface area contributed by atoms with Crippen LogP contribution in [0.15, 0.2) is 66.0 Å². The Morgan fingerprint density at radius 3 is 2.49 bits per heavy atom. The molecule has 0 N–H and O–H groups in total. The number of carbonyl (C=O) groups is 1. The van der Waals surface area contributed by atoms with Gasteiger partial charge in [0.2, 0.25) is 0 Å². The number of thiophene rings is 1. The van der Waals surface area contributed by atoms with Crippen molar-refractivity contribution < 1.29 is 32.2 Å². The molecule has 2 aliphatic heterocycles. The van der Waals surface area contributed by atoms with E-state index in [-0.39, 0.29) is 17.7 Å². The molecule has 0 radical (unpaired) electrons. The van der Waals surface area contributed by atoms with Crippen LogP contribution in [0.1, 0.15) is 63.1 Å². The first kappa shape index (κ1) is 27.5. The van der Waals surface area contributed by atoms with Gasteiger partial charge in [0.25, 0.3) is 0 Å². The molecule has 2 aliphatic rings. The van der Waals surface area contributed by atoms with E-state index in [4.69, 9.17) is 9.47 Å². The van der Waals surface area contributed by atoms with Gasteiger partial charge in [0.1, 0.15) is 11.4 Å². The molecule has 2 saturated heterocycles. The van der Waals surface area contributed by atoms with Gasteiger partial charge in [0.05, 0.1) is 18.2 Å². The van der Waals surface area contributed by atoms with Crippen LogP contribution in [0.2, 0.25) is 0 Å². The predicted molar refractivity (Wildman–Crippen MR) is 144 cm³/mol. The maximum absolute atomic E-state index is 13.3. The van der Waals surface area contributed by atoms with Gasteiger partial charge in [-0.15, -0.1) is 24.5 Å². The molecule has 3 aromatic rings. The molecule has 208 valence electrons. The van der Waals surface area contributed by atoms with Crippen LogP contribution < -0.4 is 4.74 Å². The van der Waals surface area contributed by atoms with E-state index in [0.717, 1.165) is 18.4 Å². The Morgan fingerprint density at radius 1 is 1.05 bits per heavy atom. The third-order valence-electron chi connectivity index (χ3n) is 7.21. The number of hydrogen-bond acceptors (Lipinski definition) is 5. The summed E-state index contributed by atoms with van der Waals surface area (Å²) in [5, 5.41) is 1.82. The van der Waals surface area contributed by atoms with Gasteiger partial charge in [-0.05, 0) is 74.7 Å². The van der Waals surface area contributed by atoms with Crippen molar-refractivity contribution in [1.29, 1.82) is 0 Å². The van der Waals surface area contributed by atoms with Crippen molar-refractivity contribution in [2.75, 3.05) is 13.2 Å². The van der Waals surface area contributed by atoms with Crippen molar-refractivity contribution in [1.82, 2.24) is 4.90 Å². The minimum absolute atomic E-state index is 0.164. The summed E-state index contributed by atoms with van der Waals surface area (Å²) in [6.45, 7) is 6.37. The fourth-order valence-electron chi connectivity index (χ4n) is 5.75. The molecule has 3 atom stereocenters. The van der Waals surface area contributed by atoms with Crippen LogP contribution in [0.4, 0.5) is 18.0 Å². The lowest BCUT2D eigenvalue weighted by molar-refractivity contribution is -0.274. The first-order chi connectivity index (χ1) is 18.4. The monoisotopic (exact) mass is 559 g/mol. The topological polar surface area (TPSA) is 48.0 Å². The van der Waals surface area contributed by atoms with Gasteiger partial charge >= 0.3 is 12.5 Å². The highest BCUT2D eigenvalue weighted by molar-refractivity contribution is 7.13. The smallest absolute Gasteiger partial charge is 0.444 e. The van der Waals surface area contributed by atoms with Gasteiger partial charge in [0, 0.05) is 22.9 Å². The largest absolute Gasteiger partial charge is 0.573 e. The Balaban J connectivity index is 1.48. The molecule has 3 heterocycles. The van der Waals surface area contributed by atoms with E-state index in [2.05, 4.69) is 4.74 Å². The number of ether oxygens (including phenoxy) is 3. The van der Waals surface area contributed by atoms with Crippen LogP contribution in [0, 0.1) is 0 Å². The van der Waals surface area contributed by atoms with E-state index < -0.39 is 23.7 Å². The Labute approximate surface area is 230 Å². The van der Waals surface area contributed by atoms with Crippen LogP contribution in [-0.2, 0) is 9.47 Å². The van der Waals surface area contributed by atoms with E-state index in [0.29, 0.717) is 35.6 Å². The molecule has 0 unspecified atom stereocenters. The zero-order valence-corrected chi connectivity index (χ0v) is 23.0. The Morgan fingerprint density at radius 2 is 1.82 bits per heavy atom. The number of hydrogen-bond donors (Lipinski definition) is 0. The minimum atomic E-state index is -4.81. The van der Waals surface area contributed by atoms with Gasteiger partial charge in [-0.25, -0.2) is 4.79 Å². The second kappa shape index (κ2) is 10.5. The third-order valence-corrected chi connectivity index (χ3v) is 8.11. The lowest BCUT2D eigenvalue weighted by Crippen LogP contribution is -2.53. The normalized spacial score (nSPS) is 23.7. The van der Waals surface area contributed by atoms with Crippen molar-refractivity contribution in [3.8, 4) is 16.2 Å². The van der Waals surface area contributed by atoms with Crippen molar-refractivity contribution in [3.63, 3.8) is 0 Å². The molecule has 0 bridgehead atoms. The molecule has 2 fully saturated rings. The van der Waals surface area contributed by atoms with Crippen molar-refractivity contribution in [2.45, 2.75) is 69.6 Å². The number of benzene rings is 2. The first-order valence-corrected chi connectivity index (χ1v) is 13.9. The molecule has 5 rings (SSSR count). The zero-order valence-electron chi connectivity index (χ0n) is 22.2. The predicted octanol–water partition coefficient (Wildman–Crippen LogP) is 8.33. The van der Waals surface area contributed by atoms with Crippen LogP contribution in [0.3, 0.4) is 0 Å². The molecule has 1 aromatic heterocycles. The summed E-state index contributed by atoms with van der Waals surface area (Å²) < 4.78 is 56.8. The summed E-state index contributed by atoms with van der Waals surface area (Å²) >= 11 is 1.36. The van der Waals surface area contributed by atoms with Crippen LogP contribution in [-0.4, -0.2) is 41.7 Å². The Hall–Kier alpha value is -3.04. The Bertz CT molecular complexity index is 1290. The molecule has 2 aromatic carbocycles. The van der Waals surface area contributed by atoms with E-state index in [9.17, 15) is 18.0 Å². The fourth-order valence-corrected chi connectivity index (χ4v) is 6.51. The summed E-state index contributed by atoms with van der Waals surface area (Å²) in [5.74, 6) is -0.384. The minimum Gasteiger partial charge on any atom is -0.444 e. The summed E-state index contributed by atoms with van der Waals surface area (Å²) in [5.41, 5.74) is 0.709. The molecule has 5 nitrogen and oxygen atoms in total. The van der Waals surface area contributed by atoms with Crippen molar-refractivity contribution in [3.05, 3.63) is 77.2 Å². The molecule has 1 spiro atoms. The lowest BCUT2D eigenvalue weighted by atomic mass is 9.76. The third kappa shape index (κ3) is 6.09. The second-order valence-corrected chi connectivity index (χ2v) is 12.1. The van der Waals surface area contributed by atoms with Crippen LogP contribution in [0.25, 0.3) is 10.4 Å². The van der Waals surface area contributed by atoms with Gasteiger partial charge in [0.15, 0.2) is 0 Å². The van der Waals surface area contributed by atoms with Gasteiger partial charge < -0.3 is 14.2 Å². The number of alkyl halides is 3. The van der Waals surface area contributed by atoms with Gasteiger partial charge in [-0.1, -0.05) is 42.5 Å². The highest BCUT2D eigenvalue weighted by Crippen LogP contribution is 2.52. The van der Waals surface area contributed by atoms with E-state index in [1.54, 1.807) is 23.1 Å². The molecule has 9 heteroatoms. The average molecular weight is 560 g/mol. The molecular weight excluding hydrogens is 527 g/mol. The maximum atomic E-state index is 13.3. The molecule has 39 heavy (non-hydrogen) atoms. The SMILES string of the molecule is CC(C)(C)OC(=O)N1CCC[C@@]2(C[C@H](c3ccc(-c4cccs4)c(OC(F)(F)F)c3)CO2)[C@@H]1c1ccccc1. The number of nitrogens with zero attached hydrogens (tertiary/aromatic N) is 1. The summed E-state index contributed by atoms with van der Waals surface area (Å²) in [4.78, 5) is 15.8.